The zero-order valence-corrected chi connectivity index (χ0v) is 10.9. The first kappa shape index (κ1) is 13.1. The normalized spacial score (nSPS) is 18.7. The van der Waals surface area contributed by atoms with Crippen molar-refractivity contribution >= 4 is 27.4 Å². The van der Waals surface area contributed by atoms with Crippen molar-refractivity contribution in [2.24, 2.45) is 0 Å². The molecule has 98 valence electrons. The molecule has 0 aliphatic carbocycles. The molecule has 2 heterocycles. The molecule has 2 rings (SSSR count). The van der Waals surface area contributed by atoms with Crippen molar-refractivity contribution in [1.82, 2.24) is 4.98 Å². The highest BCUT2D eigenvalue weighted by Crippen LogP contribution is 2.34. The van der Waals surface area contributed by atoms with Gasteiger partial charge in [-0.25, -0.2) is 13.8 Å². The summed E-state index contributed by atoms with van der Waals surface area (Å²) in [7, 11) is 0. The van der Waals surface area contributed by atoms with Crippen LogP contribution in [0.25, 0.3) is 0 Å². The fourth-order valence-corrected chi connectivity index (χ4v) is 2.14. The quantitative estimate of drug-likeness (QED) is 0.477. The van der Waals surface area contributed by atoms with Crippen LogP contribution in [0.4, 0.5) is 20.3 Å². The third kappa shape index (κ3) is 2.74. The molecule has 1 aliphatic heterocycles. The van der Waals surface area contributed by atoms with Crippen LogP contribution in [0.15, 0.2) is 16.7 Å². The number of hydrogen-bond donors (Lipinski definition) is 0. The van der Waals surface area contributed by atoms with E-state index in [1.807, 2.05) is 0 Å². The van der Waals surface area contributed by atoms with E-state index >= 15 is 0 Å². The van der Waals surface area contributed by atoms with Gasteiger partial charge in [-0.3, -0.25) is 10.1 Å². The number of rotatable bonds is 2. The Morgan fingerprint density at radius 1 is 1.39 bits per heavy atom. The van der Waals surface area contributed by atoms with Crippen molar-refractivity contribution < 1.29 is 13.7 Å². The molecule has 0 N–H and O–H groups in total. The number of aromatic nitrogens is 1. The average molecular weight is 322 g/mol. The van der Waals surface area contributed by atoms with Gasteiger partial charge in [-0.2, -0.15) is 0 Å². The Morgan fingerprint density at radius 2 is 2.00 bits per heavy atom. The van der Waals surface area contributed by atoms with E-state index in [4.69, 9.17) is 0 Å². The maximum atomic E-state index is 13.0. The van der Waals surface area contributed by atoms with Crippen molar-refractivity contribution in [1.29, 1.82) is 0 Å². The van der Waals surface area contributed by atoms with E-state index in [1.165, 1.54) is 17.0 Å². The molecule has 0 aromatic carbocycles. The van der Waals surface area contributed by atoms with Crippen LogP contribution >= 0.6 is 15.9 Å². The highest BCUT2D eigenvalue weighted by Gasteiger charge is 2.36. The lowest BCUT2D eigenvalue weighted by Gasteiger charge is -2.32. The van der Waals surface area contributed by atoms with Crippen molar-refractivity contribution in [3.8, 4) is 0 Å². The van der Waals surface area contributed by atoms with Crippen molar-refractivity contribution in [2.75, 3.05) is 18.0 Å². The van der Waals surface area contributed by atoms with E-state index in [9.17, 15) is 18.9 Å². The predicted octanol–water partition coefficient (Wildman–Crippen LogP) is 2.99. The lowest BCUT2D eigenvalue weighted by Crippen LogP contribution is -2.40. The molecule has 0 saturated carbocycles. The molecule has 8 heteroatoms. The third-order valence-electron chi connectivity index (χ3n) is 2.81. The number of piperidine rings is 1. The molecule has 0 atom stereocenters. The standard InChI is InChI=1S/C10H10BrF2N3O2/c11-8-2-1-7(16(17)18)9(14-8)15-5-3-10(12,13)4-6-15/h1-2H,3-6H2. The van der Waals surface area contributed by atoms with Crippen molar-refractivity contribution in [3.05, 3.63) is 26.9 Å². The Hall–Kier alpha value is -1.31. The lowest BCUT2D eigenvalue weighted by molar-refractivity contribution is -0.384. The summed E-state index contributed by atoms with van der Waals surface area (Å²) in [5.41, 5.74) is -0.164. The summed E-state index contributed by atoms with van der Waals surface area (Å²) < 4.78 is 26.5. The molecule has 0 amide bonds. The fraction of sp³-hybridized carbons (Fsp3) is 0.500. The summed E-state index contributed by atoms with van der Waals surface area (Å²) in [6.45, 7) is 0.134. The zero-order chi connectivity index (χ0) is 13.3. The number of pyridine rings is 1. The number of nitro groups is 1. The number of anilines is 1. The van der Waals surface area contributed by atoms with Crippen molar-refractivity contribution in [2.45, 2.75) is 18.8 Å². The highest BCUT2D eigenvalue weighted by molar-refractivity contribution is 9.10. The number of nitrogens with zero attached hydrogens (tertiary/aromatic N) is 3. The van der Waals surface area contributed by atoms with Crippen LogP contribution in [0.1, 0.15) is 12.8 Å². The van der Waals surface area contributed by atoms with E-state index in [2.05, 4.69) is 20.9 Å². The minimum absolute atomic E-state index is 0.0668. The second-order valence-corrected chi connectivity index (χ2v) is 4.89. The summed E-state index contributed by atoms with van der Waals surface area (Å²) >= 11 is 3.13. The molecule has 0 radical (unpaired) electrons. The average Bonchev–Trinajstić information content (AvgIpc) is 2.28. The van der Waals surface area contributed by atoms with Gasteiger partial charge in [0.2, 0.25) is 5.82 Å². The molecule has 1 fully saturated rings. The van der Waals surface area contributed by atoms with E-state index in [0.29, 0.717) is 4.60 Å². The minimum atomic E-state index is -2.68. The van der Waals surface area contributed by atoms with Crippen LogP contribution in [0.3, 0.4) is 0 Å². The molecule has 1 aromatic heterocycles. The van der Waals surface area contributed by atoms with Crippen LogP contribution < -0.4 is 4.90 Å². The number of halogens is 3. The number of alkyl halides is 2. The maximum absolute atomic E-state index is 13.0. The van der Waals surface area contributed by atoms with E-state index in [-0.39, 0.29) is 37.4 Å². The Bertz CT molecular complexity index is 474. The van der Waals surface area contributed by atoms with Gasteiger partial charge in [0.1, 0.15) is 4.60 Å². The summed E-state index contributed by atoms with van der Waals surface area (Å²) in [4.78, 5) is 15.9. The molecule has 18 heavy (non-hydrogen) atoms. The lowest BCUT2D eigenvalue weighted by atomic mass is 10.1. The van der Waals surface area contributed by atoms with Crippen LogP contribution in [-0.4, -0.2) is 28.9 Å². The highest BCUT2D eigenvalue weighted by atomic mass is 79.9. The van der Waals surface area contributed by atoms with Crippen LogP contribution in [0.5, 0.6) is 0 Å². The summed E-state index contributed by atoms with van der Waals surface area (Å²) in [5.74, 6) is -2.54. The van der Waals surface area contributed by atoms with E-state index < -0.39 is 10.8 Å². The predicted molar refractivity (Wildman–Crippen MR) is 65.0 cm³/mol. The molecule has 0 unspecified atom stereocenters. The molecule has 1 saturated heterocycles. The van der Waals surface area contributed by atoms with Gasteiger partial charge in [0.25, 0.3) is 5.92 Å². The topological polar surface area (TPSA) is 59.3 Å². The second kappa shape index (κ2) is 4.75. The van der Waals surface area contributed by atoms with Crippen LogP contribution in [-0.2, 0) is 0 Å². The number of hydrogen-bond acceptors (Lipinski definition) is 4. The Morgan fingerprint density at radius 3 is 2.56 bits per heavy atom. The molecule has 0 bridgehead atoms. The molecule has 1 aromatic rings. The van der Waals surface area contributed by atoms with Gasteiger partial charge < -0.3 is 4.90 Å². The third-order valence-corrected chi connectivity index (χ3v) is 3.25. The molecular weight excluding hydrogens is 312 g/mol. The monoisotopic (exact) mass is 321 g/mol. The Kier molecular flexibility index (Phi) is 3.47. The molecule has 1 aliphatic rings. The van der Waals surface area contributed by atoms with Crippen LogP contribution in [0, 0.1) is 10.1 Å². The smallest absolute Gasteiger partial charge is 0.311 e. The summed E-state index contributed by atoms with van der Waals surface area (Å²) in [5, 5.41) is 10.9. The van der Waals surface area contributed by atoms with Gasteiger partial charge in [0.15, 0.2) is 0 Å². The SMILES string of the molecule is O=[N+]([O-])c1ccc(Br)nc1N1CCC(F)(F)CC1. The maximum Gasteiger partial charge on any atom is 0.311 e. The Labute approximate surface area is 110 Å². The summed E-state index contributed by atoms with van der Waals surface area (Å²) in [6, 6.07) is 2.78. The van der Waals surface area contributed by atoms with Crippen LogP contribution in [0.2, 0.25) is 0 Å². The van der Waals surface area contributed by atoms with Gasteiger partial charge in [-0.1, -0.05) is 0 Å². The van der Waals surface area contributed by atoms with Crippen molar-refractivity contribution in [3.63, 3.8) is 0 Å². The van der Waals surface area contributed by atoms with Gasteiger partial charge in [-0.15, -0.1) is 0 Å². The second-order valence-electron chi connectivity index (χ2n) is 4.08. The first-order chi connectivity index (χ1) is 8.39. The van der Waals surface area contributed by atoms with Gasteiger partial charge >= 0.3 is 5.69 Å². The van der Waals surface area contributed by atoms with E-state index in [1.54, 1.807) is 0 Å². The molecule has 0 spiro atoms. The van der Waals surface area contributed by atoms with Gasteiger partial charge in [-0.05, 0) is 22.0 Å². The Balaban J connectivity index is 2.28. The van der Waals surface area contributed by atoms with Gasteiger partial charge in [0, 0.05) is 32.0 Å². The largest absolute Gasteiger partial charge is 0.350 e. The molecule has 5 nitrogen and oxygen atoms in total. The first-order valence-corrected chi connectivity index (χ1v) is 6.12. The summed E-state index contributed by atoms with van der Waals surface area (Å²) in [6.07, 6.45) is -0.614. The molecular formula is C10H10BrF2N3O2. The van der Waals surface area contributed by atoms with E-state index in [0.717, 1.165) is 0 Å². The van der Waals surface area contributed by atoms with Gasteiger partial charge in [0.05, 0.1) is 4.92 Å². The fourth-order valence-electron chi connectivity index (χ4n) is 1.84. The minimum Gasteiger partial charge on any atom is -0.350 e. The first-order valence-electron chi connectivity index (χ1n) is 5.33. The zero-order valence-electron chi connectivity index (χ0n) is 9.28.